The number of benzene rings is 1. The lowest BCUT2D eigenvalue weighted by molar-refractivity contribution is -0.0358. The molecule has 0 heterocycles. The van der Waals surface area contributed by atoms with Gasteiger partial charge in [0.15, 0.2) is 0 Å². The number of rotatable bonds is 3. The molecule has 6 fully saturated rings. The van der Waals surface area contributed by atoms with Gasteiger partial charge in [0.1, 0.15) is 5.55 Å². The average Bonchev–Trinajstić information content (AvgIpc) is 3.35. The van der Waals surface area contributed by atoms with Crippen molar-refractivity contribution in [1.82, 2.24) is 0 Å². The second kappa shape index (κ2) is 5.75. The predicted octanol–water partition coefficient (Wildman–Crippen LogP) is 4.08. The Morgan fingerprint density at radius 1 is 0.962 bits per heavy atom. The van der Waals surface area contributed by atoms with Gasteiger partial charge in [-0.3, -0.25) is 4.99 Å². The van der Waals surface area contributed by atoms with E-state index in [1.807, 2.05) is 14.0 Å². The third-order valence-corrected chi connectivity index (χ3v) is 8.28. The van der Waals surface area contributed by atoms with Gasteiger partial charge in [-0.2, -0.15) is 0 Å². The van der Waals surface area contributed by atoms with E-state index in [0.29, 0.717) is 5.41 Å². The minimum Gasteiger partial charge on any atom is -0.300 e. The maximum Gasteiger partial charge on any atom is 0.216 e. The van der Waals surface area contributed by atoms with Crippen LogP contribution in [0.15, 0.2) is 39.1 Å². The third kappa shape index (κ3) is 3.04. The van der Waals surface area contributed by atoms with Crippen molar-refractivity contribution in [1.29, 1.82) is 0 Å². The maximum absolute atomic E-state index is 11.4. The van der Waals surface area contributed by atoms with Gasteiger partial charge in [-0.15, -0.1) is 0 Å². The molecule has 7 rings (SSSR count). The van der Waals surface area contributed by atoms with E-state index in [4.69, 9.17) is 0 Å². The molecule has 6 aliphatic rings. The van der Waals surface area contributed by atoms with E-state index in [9.17, 15) is 8.42 Å². The zero-order valence-electron chi connectivity index (χ0n) is 15.9. The fourth-order valence-electron chi connectivity index (χ4n) is 4.56. The van der Waals surface area contributed by atoms with Gasteiger partial charge in [-0.1, -0.05) is 17.7 Å². The first kappa shape index (κ1) is 17.9. The van der Waals surface area contributed by atoms with Gasteiger partial charge in [-0.05, 0) is 74.3 Å². The van der Waals surface area contributed by atoms with Gasteiger partial charge in [0.25, 0.3) is 0 Å². The minimum absolute atomic E-state index is 0.281. The Hall–Kier alpha value is -1.49. The topological polar surface area (TPSA) is 58.9 Å². The number of aliphatic imine (C=N–C) groups is 2. The summed E-state index contributed by atoms with van der Waals surface area (Å²) >= 11 is 0. The van der Waals surface area contributed by atoms with Crippen molar-refractivity contribution in [3.05, 3.63) is 29.8 Å². The molecule has 5 heteroatoms. The molecule has 6 saturated carbocycles. The molecule has 1 aromatic rings. The number of sulfone groups is 1. The van der Waals surface area contributed by atoms with Gasteiger partial charge in [0.05, 0.1) is 4.90 Å². The summed E-state index contributed by atoms with van der Waals surface area (Å²) in [4.78, 5) is 7.82. The maximum atomic E-state index is 11.4. The van der Waals surface area contributed by atoms with Gasteiger partial charge in [-0.25, -0.2) is 8.42 Å². The first-order chi connectivity index (χ1) is 12.3. The van der Waals surface area contributed by atoms with Crippen LogP contribution in [0.2, 0.25) is 0 Å². The Morgan fingerprint density at radius 2 is 1.46 bits per heavy atom. The minimum atomic E-state index is -3.32. The number of hydrogen-bond donors (Lipinski definition) is 0. The van der Waals surface area contributed by atoms with E-state index < -0.39 is 9.84 Å². The molecule has 0 aromatic heterocycles. The molecule has 0 spiro atoms. The monoisotopic (exact) mass is 372 g/mol. The van der Waals surface area contributed by atoms with Crippen molar-refractivity contribution in [2.24, 2.45) is 32.1 Å². The zero-order valence-corrected chi connectivity index (χ0v) is 16.7. The van der Waals surface area contributed by atoms with Gasteiger partial charge < -0.3 is 4.99 Å². The zero-order chi connectivity index (χ0) is 18.6. The highest BCUT2D eigenvalue weighted by molar-refractivity contribution is 8.04. The van der Waals surface area contributed by atoms with Crippen molar-refractivity contribution in [3.63, 3.8) is 0 Å². The second-order valence-corrected chi connectivity index (χ2v) is 10.8. The van der Waals surface area contributed by atoms with Gasteiger partial charge >= 0.3 is 0 Å². The molecule has 4 nitrogen and oxygen atoms in total. The molecular weight excluding hydrogens is 344 g/mol. The lowest BCUT2D eigenvalue weighted by Gasteiger charge is -2.59. The van der Waals surface area contributed by atoms with Crippen LogP contribution in [0.1, 0.15) is 44.1 Å². The van der Waals surface area contributed by atoms with Crippen LogP contribution in [0, 0.1) is 29.1 Å². The van der Waals surface area contributed by atoms with Gasteiger partial charge in [0.2, 0.25) is 9.84 Å². The molecule has 140 valence electrons. The molecule has 0 saturated heterocycles. The van der Waals surface area contributed by atoms with Crippen LogP contribution in [0.3, 0.4) is 0 Å². The van der Waals surface area contributed by atoms with Crippen LogP contribution < -0.4 is 0 Å². The van der Waals surface area contributed by atoms with E-state index in [-0.39, 0.29) is 4.90 Å². The molecule has 2 bridgehead atoms. The smallest absolute Gasteiger partial charge is 0.216 e. The predicted molar refractivity (Wildman–Crippen MR) is 106 cm³/mol. The summed E-state index contributed by atoms with van der Waals surface area (Å²) in [5, 5.41) is 0. The molecule has 0 N–H and O–H groups in total. The lowest BCUT2D eigenvalue weighted by atomic mass is 9.45. The number of aryl methyl sites for hydroxylation is 1. The van der Waals surface area contributed by atoms with Crippen LogP contribution in [-0.2, 0) is 9.84 Å². The van der Waals surface area contributed by atoms with E-state index in [1.165, 1.54) is 26.3 Å². The van der Waals surface area contributed by atoms with E-state index in [1.54, 1.807) is 43.5 Å². The molecule has 6 aliphatic carbocycles. The molecule has 0 amide bonds. The first-order valence-electron chi connectivity index (χ1n) is 9.45. The largest absolute Gasteiger partial charge is 0.300 e. The van der Waals surface area contributed by atoms with E-state index >= 15 is 0 Å². The Labute approximate surface area is 156 Å². The Kier molecular flexibility index (Phi) is 3.96. The highest BCUT2D eigenvalue weighted by Crippen LogP contribution is 3.06. The van der Waals surface area contributed by atoms with Crippen molar-refractivity contribution < 1.29 is 8.42 Å². The highest BCUT2D eigenvalue weighted by Gasteiger charge is 2.97. The first-order valence-corrected chi connectivity index (χ1v) is 11.0. The molecule has 1 aromatic carbocycles. The third-order valence-electron chi connectivity index (χ3n) is 6.86. The Bertz CT molecular complexity index is 819. The van der Waals surface area contributed by atoms with Gasteiger partial charge in [0, 0.05) is 25.7 Å². The fourth-order valence-corrected chi connectivity index (χ4v) is 5.47. The molecule has 0 aliphatic heterocycles. The van der Waals surface area contributed by atoms with Crippen LogP contribution in [0.5, 0.6) is 0 Å². The average molecular weight is 373 g/mol. The van der Waals surface area contributed by atoms with E-state index in [0.717, 1.165) is 27.9 Å². The molecular formula is C21H28N2O2S. The van der Waals surface area contributed by atoms with Crippen molar-refractivity contribution in [2.75, 3.05) is 14.1 Å². The summed E-state index contributed by atoms with van der Waals surface area (Å²) < 4.78 is 22.8. The molecule has 0 atom stereocenters. The summed E-state index contributed by atoms with van der Waals surface area (Å²) in [6, 6.07) is 6.67. The van der Waals surface area contributed by atoms with Crippen LogP contribution in [0.25, 0.3) is 0 Å². The Morgan fingerprint density at radius 3 is 1.73 bits per heavy atom. The summed E-state index contributed by atoms with van der Waals surface area (Å²) in [5.41, 5.74) is 4.74. The highest BCUT2D eigenvalue weighted by atomic mass is 32.2. The summed E-state index contributed by atoms with van der Waals surface area (Å²) in [5.74, 6) is 1.09. The van der Waals surface area contributed by atoms with E-state index in [2.05, 4.69) is 16.2 Å². The lowest BCUT2D eigenvalue weighted by Crippen LogP contribution is -2.52. The molecule has 0 radical (unpaired) electrons. The van der Waals surface area contributed by atoms with Crippen LogP contribution in [-0.4, -0.2) is 34.3 Å². The standard InChI is InChI=1S/C9H11NO2S.C7H11N.C5H6/c1-8-3-5-9(6-4-8)13(11,12)7-10-2;1-8-5-7-2-6(3-7)4-7;1-4-2-5(1,4)3-4/h3-7H,1-2H3;5-6H,2-4H2,1H3;1-3H2. The summed E-state index contributed by atoms with van der Waals surface area (Å²) in [6.45, 7) is 1.91. The normalized spacial score (nSPS) is 39.3. The fraction of sp³-hybridized carbons (Fsp3) is 0.619. The second-order valence-electron chi connectivity index (χ2n) is 9.04. The van der Waals surface area contributed by atoms with Crippen molar-refractivity contribution in [2.45, 2.75) is 50.3 Å². The SMILES string of the molecule is C1C23CC12C3.CN=CC12CC(C1)C2.CN=CS(=O)(=O)c1ccc(C)cc1. The summed E-state index contributed by atoms with van der Waals surface area (Å²) in [6.07, 6.45) is 11.3. The number of nitrogens with zero attached hydrogens (tertiary/aromatic N) is 2. The molecule has 0 unspecified atom stereocenters. The van der Waals surface area contributed by atoms with Crippen molar-refractivity contribution in [3.8, 4) is 0 Å². The Balaban J connectivity index is 0.000000106. The van der Waals surface area contributed by atoms with Crippen molar-refractivity contribution >= 4 is 21.6 Å². The molecule has 26 heavy (non-hydrogen) atoms. The summed E-state index contributed by atoms with van der Waals surface area (Å²) in [7, 11) is -0.00713. The number of hydrogen-bond acceptors (Lipinski definition) is 4. The van der Waals surface area contributed by atoms with Crippen LogP contribution >= 0.6 is 0 Å². The van der Waals surface area contributed by atoms with Crippen LogP contribution in [0.4, 0.5) is 0 Å². The quantitative estimate of drug-likeness (QED) is 0.593.